The summed E-state index contributed by atoms with van der Waals surface area (Å²) in [7, 11) is -3.49. The Morgan fingerprint density at radius 1 is 1.06 bits per heavy atom. The Kier molecular flexibility index (Phi) is 7.82. The van der Waals surface area contributed by atoms with Crippen molar-refractivity contribution in [3.8, 4) is 0 Å². The highest BCUT2D eigenvalue weighted by Crippen LogP contribution is 2.22. The first-order valence-corrected chi connectivity index (χ1v) is 12.2. The van der Waals surface area contributed by atoms with Gasteiger partial charge in [-0.3, -0.25) is 9.59 Å². The summed E-state index contributed by atoms with van der Waals surface area (Å²) in [6.45, 7) is 5.50. The summed E-state index contributed by atoms with van der Waals surface area (Å²) in [6.07, 6.45) is 4.64. The highest BCUT2D eigenvalue weighted by atomic mass is 32.2. The third kappa shape index (κ3) is 5.63. The minimum Gasteiger partial charge on any atom is -0.348 e. The van der Waals surface area contributed by atoms with E-state index in [0.29, 0.717) is 26.1 Å². The van der Waals surface area contributed by atoms with Gasteiger partial charge >= 0.3 is 0 Å². The second-order valence-electron chi connectivity index (χ2n) is 7.52. The van der Waals surface area contributed by atoms with Gasteiger partial charge in [-0.2, -0.15) is 4.31 Å². The van der Waals surface area contributed by atoms with Crippen LogP contribution >= 0.6 is 0 Å². The van der Waals surface area contributed by atoms with E-state index in [1.807, 2.05) is 24.3 Å². The van der Waals surface area contributed by atoms with Gasteiger partial charge in [0.1, 0.15) is 0 Å². The van der Waals surface area contributed by atoms with Gasteiger partial charge in [0.25, 0.3) is 0 Å². The molecule has 0 aromatic heterocycles. The minimum absolute atomic E-state index is 0.145. The lowest BCUT2D eigenvalue weighted by Gasteiger charge is -2.18. The Hall–Kier alpha value is -2.97. The van der Waals surface area contributed by atoms with Crippen LogP contribution in [0.3, 0.4) is 0 Å². The van der Waals surface area contributed by atoms with Gasteiger partial charge in [-0.25, -0.2) is 8.42 Å². The Morgan fingerprint density at radius 2 is 1.72 bits per heavy atom. The summed E-state index contributed by atoms with van der Waals surface area (Å²) in [6, 6.07) is 14.1. The van der Waals surface area contributed by atoms with E-state index in [9.17, 15) is 18.0 Å². The van der Waals surface area contributed by atoms with Crippen molar-refractivity contribution in [1.82, 2.24) is 9.62 Å². The maximum Gasteiger partial charge on any atom is 0.244 e. The van der Waals surface area contributed by atoms with Crippen molar-refractivity contribution in [2.45, 2.75) is 38.1 Å². The standard InChI is InChI=1S/C24H29N3O4S/c1-3-26(4-2)32(30,31)22-14-9-20(10-15-22)18-25-23(28)16-11-19-7-12-21(13-8-19)27-17-5-6-24(27)29/h7-16H,3-6,17-18H2,1-2H3,(H,25,28)/b16-11+. The summed E-state index contributed by atoms with van der Waals surface area (Å²) < 4.78 is 26.5. The minimum atomic E-state index is -3.49. The zero-order valence-electron chi connectivity index (χ0n) is 18.5. The van der Waals surface area contributed by atoms with Crippen molar-refractivity contribution in [3.63, 3.8) is 0 Å². The van der Waals surface area contributed by atoms with Crippen molar-refractivity contribution in [2.24, 2.45) is 0 Å². The van der Waals surface area contributed by atoms with Gasteiger partial charge in [0.05, 0.1) is 4.90 Å². The van der Waals surface area contributed by atoms with Gasteiger partial charge in [-0.15, -0.1) is 0 Å². The molecule has 170 valence electrons. The molecular weight excluding hydrogens is 426 g/mol. The van der Waals surface area contributed by atoms with Gasteiger partial charge < -0.3 is 10.2 Å². The topological polar surface area (TPSA) is 86.8 Å². The largest absolute Gasteiger partial charge is 0.348 e. The van der Waals surface area contributed by atoms with Crippen LogP contribution in [0.5, 0.6) is 0 Å². The van der Waals surface area contributed by atoms with E-state index in [-0.39, 0.29) is 16.7 Å². The number of sulfonamides is 1. The number of hydrogen-bond donors (Lipinski definition) is 1. The molecule has 0 unspecified atom stereocenters. The summed E-state index contributed by atoms with van der Waals surface area (Å²) in [5.41, 5.74) is 2.55. The van der Waals surface area contributed by atoms with E-state index in [1.54, 1.807) is 49.1 Å². The molecule has 0 bridgehead atoms. The molecule has 1 heterocycles. The predicted octanol–water partition coefficient (Wildman–Crippen LogP) is 3.17. The van der Waals surface area contributed by atoms with E-state index < -0.39 is 10.0 Å². The fourth-order valence-corrected chi connectivity index (χ4v) is 5.06. The van der Waals surface area contributed by atoms with Crippen LogP contribution in [0.15, 0.2) is 59.5 Å². The monoisotopic (exact) mass is 455 g/mol. The van der Waals surface area contributed by atoms with Crippen LogP contribution in [0.25, 0.3) is 6.08 Å². The zero-order valence-corrected chi connectivity index (χ0v) is 19.3. The molecule has 32 heavy (non-hydrogen) atoms. The Bertz CT molecular complexity index is 1070. The first kappa shape index (κ1) is 23.7. The lowest BCUT2D eigenvalue weighted by atomic mass is 10.2. The SMILES string of the molecule is CCN(CC)S(=O)(=O)c1ccc(CNC(=O)/C=C/c2ccc(N3CCCC3=O)cc2)cc1. The van der Waals surface area contributed by atoms with Crippen molar-refractivity contribution in [3.05, 3.63) is 65.7 Å². The van der Waals surface area contributed by atoms with Crippen LogP contribution in [-0.4, -0.2) is 44.2 Å². The Morgan fingerprint density at radius 3 is 2.28 bits per heavy atom. The molecule has 2 amide bonds. The van der Waals surface area contributed by atoms with Crippen LogP contribution in [0.1, 0.15) is 37.8 Å². The molecule has 1 aliphatic rings. The number of anilines is 1. The first-order chi connectivity index (χ1) is 15.3. The molecule has 0 aliphatic carbocycles. The normalized spacial score (nSPS) is 14.5. The number of benzene rings is 2. The van der Waals surface area contributed by atoms with E-state index in [1.165, 1.54) is 10.4 Å². The number of rotatable bonds is 9. The molecule has 2 aromatic carbocycles. The number of nitrogens with zero attached hydrogens (tertiary/aromatic N) is 2. The fraction of sp³-hybridized carbons (Fsp3) is 0.333. The van der Waals surface area contributed by atoms with Gasteiger partial charge in [0, 0.05) is 44.4 Å². The second-order valence-corrected chi connectivity index (χ2v) is 9.46. The van der Waals surface area contributed by atoms with Gasteiger partial charge in [0.15, 0.2) is 0 Å². The maximum atomic E-state index is 12.5. The van der Waals surface area contributed by atoms with Gasteiger partial charge in [-0.1, -0.05) is 38.1 Å². The number of hydrogen-bond acceptors (Lipinski definition) is 4. The smallest absolute Gasteiger partial charge is 0.244 e. The van der Waals surface area contributed by atoms with E-state index in [4.69, 9.17) is 0 Å². The van der Waals surface area contributed by atoms with E-state index in [2.05, 4.69) is 5.32 Å². The first-order valence-electron chi connectivity index (χ1n) is 10.8. The molecule has 1 aliphatic heterocycles. The van der Waals surface area contributed by atoms with Crippen molar-refractivity contribution < 1.29 is 18.0 Å². The molecular formula is C24H29N3O4S. The molecule has 1 fully saturated rings. The lowest BCUT2D eigenvalue weighted by Crippen LogP contribution is -2.30. The molecule has 0 saturated carbocycles. The second kappa shape index (κ2) is 10.6. The molecule has 3 rings (SSSR count). The van der Waals surface area contributed by atoms with Crippen LogP contribution in [0, 0.1) is 0 Å². The van der Waals surface area contributed by atoms with Crippen LogP contribution < -0.4 is 10.2 Å². The van der Waals surface area contributed by atoms with Crippen LogP contribution in [-0.2, 0) is 26.2 Å². The summed E-state index contributed by atoms with van der Waals surface area (Å²) >= 11 is 0. The number of amides is 2. The van der Waals surface area contributed by atoms with Crippen LogP contribution in [0.4, 0.5) is 5.69 Å². The average Bonchev–Trinajstić information content (AvgIpc) is 3.23. The third-order valence-electron chi connectivity index (χ3n) is 5.44. The Labute approximate surface area is 189 Å². The summed E-state index contributed by atoms with van der Waals surface area (Å²) in [5, 5.41) is 2.80. The van der Waals surface area contributed by atoms with E-state index >= 15 is 0 Å². The molecule has 1 N–H and O–H groups in total. The quantitative estimate of drug-likeness (QED) is 0.589. The summed E-state index contributed by atoms with van der Waals surface area (Å²) in [5.74, 6) is -0.102. The van der Waals surface area contributed by atoms with Gasteiger partial charge in [0.2, 0.25) is 21.8 Å². The van der Waals surface area contributed by atoms with Crippen molar-refractivity contribution >= 4 is 33.6 Å². The molecule has 0 atom stereocenters. The zero-order chi connectivity index (χ0) is 23.1. The lowest BCUT2D eigenvalue weighted by molar-refractivity contribution is -0.117. The average molecular weight is 456 g/mol. The highest BCUT2D eigenvalue weighted by Gasteiger charge is 2.22. The number of carbonyl (C=O) groups is 2. The molecule has 7 nitrogen and oxygen atoms in total. The molecule has 8 heteroatoms. The number of carbonyl (C=O) groups excluding carboxylic acids is 2. The van der Waals surface area contributed by atoms with Crippen molar-refractivity contribution in [2.75, 3.05) is 24.5 Å². The van der Waals surface area contributed by atoms with Crippen LogP contribution in [0.2, 0.25) is 0 Å². The molecule has 0 spiro atoms. The summed E-state index contributed by atoms with van der Waals surface area (Å²) in [4.78, 5) is 26.0. The number of nitrogens with one attached hydrogen (secondary N) is 1. The fourth-order valence-electron chi connectivity index (χ4n) is 3.60. The molecule has 0 radical (unpaired) electrons. The third-order valence-corrected chi connectivity index (χ3v) is 7.50. The predicted molar refractivity (Wildman–Crippen MR) is 125 cm³/mol. The molecule has 1 saturated heterocycles. The van der Waals surface area contributed by atoms with Gasteiger partial charge in [-0.05, 0) is 47.9 Å². The van der Waals surface area contributed by atoms with E-state index in [0.717, 1.165) is 29.8 Å². The maximum absolute atomic E-state index is 12.5. The molecule has 2 aromatic rings. The van der Waals surface area contributed by atoms with Crippen molar-refractivity contribution in [1.29, 1.82) is 0 Å². The highest BCUT2D eigenvalue weighted by molar-refractivity contribution is 7.89. The Balaban J connectivity index is 1.53.